The molecule has 1 fully saturated rings. The Kier molecular flexibility index (Phi) is 4.36. The molecule has 0 unspecified atom stereocenters. The molecular weight excluding hydrogens is 342 g/mol. The van der Waals surface area contributed by atoms with Crippen molar-refractivity contribution in [3.05, 3.63) is 41.7 Å². The van der Waals surface area contributed by atoms with Crippen LogP contribution in [0.25, 0.3) is 16.9 Å². The quantitative estimate of drug-likeness (QED) is 0.767. The number of morpholine rings is 1. The van der Waals surface area contributed by atoms with Crippen molar-refractivity contribution in [1.29, 1.82) is 0 Å². The van der Waals surface area contributed by atoms with E-state index in [2.05, 4.69) is 21.9 Å². The first-order chi connectivity index (χ1) is 12.8. The minimum Gasteiger partial charge on any atom is -0.386 e. The van der Waals surface area contributed by atoms with Crippen molar-refractivity contribution in [2.24, 2.45) is 0 Å². The van der Waals surface area contributed by atoms with Crippen molar-refractivity contribution in [2.45, 2.75) is 39.3 Å². The molecule has 0 spiro atoms. The van der Waals surface area contributed by atoms with E-state index in [1.807, 2.05) is 25.1 Å². The lowest BCUT2D eigenvalue weighted by Gasteiger charge is -2.35. The molecule has 0 aromatic carbocycles. The van der Waals surface area contributed by atoms with Crippen LogP contribution in [-0.4, -0.2) is 50.7 Å². The number of pyridine rings is 2. The topological polar surface area (TPSA) is 76.3 Å². The van der Waals surface area contributed by atoms with Crippen LogP contribution in [0.4, 0.5) is 5.82 Å². The molecule has 4 heterocycles. The Bertz CT molecular complexity index is 976. The Morgan fingerprint density at radius 1 is 1.26 bits per heavy atom. The van der Waals surface area contributed by atoms with E-state index in [1.165, 1.54) is 0 Å². The number of rotatable bonds is 3. The highest BCUT2D eigenvalue weighted by Gasteiger charge is 2.27. The zero-order chi connectivity index (χ0) is 19.2. The molecule has 3 aromatic heterocycles. The molecule has 1 aliphatic rings. The predicted molar refractivity (Wildman–Crippen MR) is 104 cm³/mol. The van der Waals surface area contributed by atoms with Gasteiger partial charge in [0, 0.05) is 18.1 Å². The Labute approximate surface area is 158 Å². The molecule has 7 heteroatoms. The van der Waals surface area contributed by atoms with Crippen LogP contribution in [0.1, 0.15) is 31.9 Å². The first kappa shape index (κ1) is 17.9. The van der Waals surface area contributed by atoms with Crippen LogP contribution < -0.4 is 4.90 Å². The fourth-order valence-electron chi connectivity index (χ4n) is 3.51. The summed E-state index contributed by atoms with van der Waals surface area (Å²) < 4.78 is 7.31. The predicted octanol–water partition coefficient (Wildman–Crippen LogP) is 2.58. The molecule has 0 radical (unpaired) electrons. The summed E-state index contributed by atoms with van der Waals surface area (Å²) in [6.45, 7) is 9.81. The zero-order valence-electron chi connectivity index (χ0n) is 16.2. The van der Waals surface area contributed by atoms with Crippen molar-refractivity contribution in [1.82, 2.24) is 19.7 Å². The average Bonchev–Trinajstić information content (AvgIpc) is 3.04. The monoisotopic (exact) mass is 367 g/mol. The molecular formula is C20H25N5O2. The highest BCUT2D eigenvalue weighted by Crippen LogP contribution is 2.32. The van der Waals surface area contributed by atoms with Gasteiger partial charge in [-0.2, -0.15) is 9.78 Å². The number of hydrogen-bond donors (Lipinski definition) is 1. The van der Waals surface area contributed by atoms with E-state index in [1.54, 1.807) is 30.9 Å². The van der Waals surface area contributed by atoms with Crippen LogP contribution in [-0.2, 0) is 10.3 Å². The summed E-state index contributed by atoms with van der Waals surface area (Å²) in [5.74, 6) is 1.54. The van der Waals surface area contributed by atoms with Crippen molar-refractivity contribution in [2.75, 3.05) is 24.7 Å². The maximum absolute atomic E-state index is 10.8. The number of fused-ring (bicyclic) bond motifs is 1. The van der Waals surface area contributed by atoms with Crippen molar-refractivity contribution < 1.29 is 9.84 Å². The largest absolute Gasteiger partial charge is 0.386 e. The second-order valence-corrected chi connectivity index (χ2v) is 7.69. The van der Waals surface area contributed by atoms with Crippen LogP contribution in [0.15, 0.2) is 30.6 Å². The number of aryl methyl sites for hydroxylation is 1. The van der Waals surface area contributed by atoms with Gasteiger partial charge in [-0.1, -0.05) is 0 Å². The van der Waals surface area contributed by atoms with E-state index in [-0.39, 0.29) is 6.04 Å². The summed E-state index contributed by atoms with van der Waals surface area (Å²) in [5, 5.41) is 16.1. The lowest BCUT2D eigenvalue weighted by Crippen LogP contribution is -2.44. The van der Waals surface area contributed by atoms with Crippen LogP contribution in [0.5, 0.6) is 0 Å². The molecule has 1 aliphatic heterocycles. The minimum atomic E-state index is -1.01. The smallest absolute Gasteiger partial charge is 0.167 e. The van der Waals surface area contributed by atoms with E-state index >= 15 is 0 Å². The van der Waals surface area contributed by atoms with Gasteiger partial charge in [0.05, 0.1) is 31.1 Å². The Balaban J connectivity index is 1.94. The van der Waals surface area contributed by atoms with E-state index < -0.39 is 5.60 Å². The summed E-state index contributed by atoms with van der Waals surface area (Å²) in [6.07, 6.45) is 3.52. The van der Waals surface area contributed by atoms with E-state index in [9.17, 15) is 5.11 Å². The van der Waals surface area contributed by atoms with Gasteiger partial charge in [0.2, 0.25) is 0 Å². The van der Waals surface area contributed by atoms with Crippen molar-refractivity contribution in [3.63, 3.8) is 0 Å². The average molecular weight is 367 g/mol. The lowest BCUT2D eigenvalue weighted by atomic mass is 9.96. The lowest BCUT2D eigenvalue weighted by molar-refractivity contribution is 0.0799. The summed E-state index contributed by atoms with van der Waals surface area (Å²) in [6, 6.07) is 6.11. The Morgan fingerprint density at radius 2 is 2.07 bits per heavy atom. The van der Waals surface area contributed by atoms with Gasteiger partial charge in [0.15, 0.2) is 11.5 Å². The van der Waals surface area contributed by atoms with Crippen molar-refractivity contribution in [3.8, 4) is 5.82 Å². The fourth-order valence-corrected chi connectivity index (χ4v) is 3.51. The number of nitrogens with zero attached hydrogens (tertiary/aromatic N) is 5. The molecule has 0 amide bonds. The minimum absolute atomic E-state index is 0.215. The second-order valence-electron chi connectivity index (χ2n) is 7.69. The molecule has 1 atom stereocenters. The van der Waals surface area contributed by atoms with E-state index in [0.29, 0.717) is 24.7 Å². The molecule has 0 aliphatic carbocycles. The molecule has 4 rings (SSSR count). The molecule has 1 saturated heterocycles. The fraction of sp³-hybridized carbons (Fsp3) is 0.450. The third-order valence-electron chi connectivity index (χ3n) is 4.97. The normalized spacial score (nSPS) is 18.3. The summed E-state index contributed by atoms with van der Waals surface area (Å²) in [4.78, 5) is 11.6. The molecule has 7 nitrogen and oxygen atoms in total. The van der Waals surface area contributed by atoms with E-state index in [0.717, 1.165) is 28.9 Å². The first-order valence-corrected chi connectivity index (χ1v) is 9.23. The van der Waals surface area contributed by atoms with Gasteiger partial charge in [-0.15, -0.1) is 0 Å². The molecule has 27 heavy (non-hydrogen) atoms. The second kappa shape index (κ2) is 6.58. The molecule has 0 saturated carbocycles. The third kappa shape index (κ3) is 3.28. The van der Waals surface area contributed by atoms with Gasteiger partial charge in [0.1, 0.15) is 5.82 Å². The van der Waals surface area contributed by atoms with Gasteiger partial charge in [-0.3, -0.25) is 0 Å². The molecule has 1 N–H and O–H groups in total. The highest BCUT2D eigenvalue weighted by molar-refractivity contribution is 5.83. The maximum atomic E-state index is 10.8. The molecule has 0 bridgehead atoms. The summed E-state index contributed by atoms with van der Waals surface area (Å²) in [7, 11) is 0. The van der Waals surface area contributed by atoms with Gasteiger partial charge in [-0.25, -0.2) is 9.97 Å². The van der Waals surface area contributed by atoms with Crippen LogP contribution in [0.3, 0.4) is 0 Å². The number of aliphatic hydroxyl groups is 1. The molecule has 142 valence electrons. The van der Waals surface area contributed by atoms with Crippen LogP contribution >= 0.6 is 0 Å². The standard InChI is InChI=1S/C20H25N5O2/c1-13-5-6-21-17(9-13)25-19-15(11-22-25)16(20(3,4)26)10-18(23-19)24-7-8-27-12-14(24)2/h5-6,9-11,14,26H,7-8,12H2,1-4H3/t14-/m1/s1. The SMILES string of the molecule is Cc1ccnc(-n2ncc3c(C(C)(C)O)cc(N4CCOC[C@H]4C)nc32)c1. The van der Waals surface area contributed by atoms with Gasteiger partial charge in [-0.05, 0) is 57.0 Å². The highest BCUT2D eigenvalue weighted by atomic mass is 16.5. The van der Waals surface area contributed by atoms with Gasteiger partial charge in [0.25, 0.3) is 0 Å². The van der Waals surface area contributed by atoms with E-state index in [4.69, 9.17) is 9.72 Å². The number of anilines is 1. The Morgan fingerprint density at radius 3 is 2.78 bits per heavy atom. The Hall–Kier alpha value is -2.51. The first-order valence-electron chi connectivity index (χ1n) is 9.23. The summed E-state index contributed by atoms with van der Waals surface area (Å²) >= 11 is 0. The van der Waals surface area contributed by atoms with Gasteiger partial charge >= 0.3 is 0 Å². The maximum Gasteiger partial charge on any atom is 0.167 e. The van der Waals surface area contributed by atoms with Crippen molar-refractivity contribution >= 4 is 16.9 Å². The zero-order valence-corrected chi connectivity index (χ0v) is 16.2. The third-order valence-corrected chi connectivity index (χ3v) is 4.97. The summed E-state index contributed by atoms with van der Waals surface area (Å²) in [5.41, 5.74) is 1.59. The van der Waals surface area contributed by atoms with Crippen LogP contribution in [0, 0.1) is 6.92 Å². The molecule has 3 aromatic rings. The number of hydrogen-bond acceptors (Lipinski definition) is 6. The number of ether oxygens (including phenoxy) is 1. The van der Waals surface area contributed by atoms with Gasteiger partial charge < -0.3 is 14.7 Å². The van der Waals surface area contributed by atoms with Crippen LogP contribution in [0.2, 0.25) is 0 Å². The number of aromatic nitrogens is 4.